The van der Waals surface area contributed by atoms with Crippen LogP contribution in [-0.4, -0.2) is 0 Å². The van der Waals surface area contributed by atoms with Crippen molar-refractivity contribution in [2.24, 2.45) is 23.7 Å². The predicted molar refractivity (Wildman–Crippen MR) is 322 cm³/mol. The lowest BCUT2D eigenvalue weighted by Gasteiger charge is -2.61. The topological polar surface area (TPSA) is 3.24 Å². The molecule has 7 aliphatic carbocycles. The molecule has 9 aromatic carbocycles. The highest BCUT2D eigenvalue weighted by Gasteiger charge is 2.62. The van der Waals surface area contributed by atoms with E-state index in [1.807, 2.05) is 0 Å². The number of nitrogens with zero attached hydrogens (tertiary/aromatic N) is 1. The standard InChI is InChI=1S/C76H71N/c1-72(2,3)50-30-34-52(35-31-50)75(53-36-32-51(33-37-53)73(4,5)6)66-27-14-11-22-63(66)70-67(75)28-17-29-69(70)77(56-19-15-18-49(45-56)58-23-16-24-62-60-21-9-12-25-64(60)74(7,8)71(58)62)57-38-39-61-59-20-10-13-26-65(59)76(68(61)46-57)54-41-47-40-48(43-54)44-55(76)42-47/h9-39,45-48,54-55H,40-44H2,1-8H3. The largest absolute Gasteiger partial charge is 0.310 e. The van der Waals surface area contributed by atoms with Crippen LogP contribution in [-0.2, 0) is 27.1 Å². The third-order valence-electron chi connectivity index (χ3n) is 20.4. The Labute approximate surface area is 458 Å². The zero-order valence-corrected chi connectivity index (χ0v) is 46.3. The number of anilines is 3. The molecule has 0 heterocycles. The summed E-state index contributed by atoms with van der Waals surface area (Å²) in [5.41, 5.74) is 27.7. The van der Waals surface area contributed by atoms with Gasteiger partial charge in [-0.05, 0) is 192 Å². The molecule has 0 aromatic heterocycles. The first-order chi connectivity index (χ1) is 37.2. The molecule has 4 bridgehead atoms. The van der Waals surface area contributed by atoms with E-state index in [1.165, 1.54) is 138 Å². The second kappa shape index (κ2) is 16.4. The Morgan fingerprint density at radius 3 is 1.52 bits per heavy atom. The van der Waals surface area contributed by atoms with Gasteiger partial charge in [0.1, 0.15) is 0 Å². The zero-order valence-electron chi connectivity index (χ0n) is 46.3. The van der Waals surface area contributed by atoms with Crippen LogP contribution in [0.1, 0.15) is 143 Å². The zero-order chi connectivity index (χ0) is 52.4. The van der Waals surface area contributed by atoms with Crippen molar-refractivity contribution >= 4 is 17.1 Å². The highest BCUT2D eigenvalue weighted by molar-refractivity contribution is 5.99. The first kappa shape index (κ1) is 47.0. The van der Waals surface area contributed by atoms with Crippen LogP contribution in [0.25, 0.3) is 44.5 Å². The lowest BCUT2D eigenvalue weighted by Crippen LogP contribution is -2.55. The number of fused-ring (bicyclic) bond motifs is 9. The van der Waals surface area contributed by atoms with E-state index < -0.39 is 5.41 Å². The highest BCUT2D eigenvalue weighted by atomic mass is 15.1. The van der Waals surface area contributed by atoms with Gasteiger partial charge in [0.25, 0.3) is 0 Å². The summed E-state index contributed by atoms with van der Waals surface area (Å²) in [6.07, 6.45) is 6.88. The molecule has 1 nitrogen and oxygen atoms in total. The smallest absolute Gasteiger partial charge is 0.0714 e. The molecule has 4 fully saturated rings. The fourth-order valence-electron chi connectivity index (χ4n) is 17.3. The van der Waals surface area contributed by atoms with Gasteiger partial charge < -0.3 is 4.90 Å². The number of hydrogen-bond donors (Lipinski definition) is 0. The van der Waals surface area contributed by atoms with Crippen LogP contribution in [0.5, 0.6) is 0 Å². The Balaban J connectivity index is 0.995. The van der Waals surface area contributed by atoms with Gasteiger partial charge in [0.05, 0.1) is 11.1 Å². The average Bonchev–Trinajstić information content (AvgIpc) is 4.25. The molecule has 77 heavy (non-hydrogen) atoms. The minimum Gasteiger partial charge on any atom is -0.310 e. The molecule has 380 valence electrons. The molecule has 7 aliphatic rings. The first-order valence-corrected chi connectivity index (χ1v) is 29.0. The Hall–Kier alpha value is -7.22. The quantitative estimate of drug-likeness (QED) is 0.160. The van der Waals surface area contributed by atoms with Gasteiger partial charge in [-0.3, -0.25) is 0 Å². The van der Waals surface area contributed by atoms with Gasteiger partial charge in [-0.1, -0.05) is 225 Å². The maximum Gasteiger partial charge on any atom is 0.0714 e. The monoisotopic (exact) mass is 998 g/mol. The molecule has 16 rings (SSSR count). The summed E-state index contributed by atoms with van der Waals surface area (Å²) in [6.45, 7) is 18.8. The summed E-state index contributed by atoms with van der Waals surface area (Å²) >= 11 is 0. The molecule has 0 radical (unpaired) electrons. The first-order valence-electron chi connectivity index (χ1n) is 29.0. The van der Waals surface area contributed by atoms with Gasteiger partial charge in [-0.15, -0.1) is 0 Å². The Bertz CT molecular complexity index is 3780. The van der Waals surface area contributed by atoms with Crippen LogP contribution >= 0.6 is 0 Å². The molecule has 4 saturated carbocycles. The van der Waals surface area contributed by atoms with Crippen molar-refractivity contribution in [2.75, 3.05) is 4.90 Å². The van der Waals surface area contributed by atoms with Crippen molar-refractivity contribution in [2.45, 2.75) is 115 Å². The molecule has 0 saturated heterocycles. The molecule has 0 N–H and O–H groups in total. The van der Waals surface area contributed by atoms with Crippen LogP contribution in [0.2, 0.25) is 0 Å². The Morgan fingerprint density at radius 1 is 0.390 bits per heavy atom. The van der Waals surface area contributed by atoms with Crippen LogP contribution in [0.15, 0.2) is 200 Å². The molecular weight excluding hydrogens is 927 g/mol. The average molecular weight is 998 g/mol. The van der Waals surface area contributed by atoms with Gasteiger partial charge in [0.15, 0.2) is 0 Å². The number of hydrogen-bond acceptors (Lipinski definition) is 1. The molecule has 0 amide bonds. The Morgan fingerprint density at radius 2 is 0.883 bits per heavy atom. The third kappa shape index (κ3) is 6.53. The maximum atomic E-state index is 2.70. The second-order valence-corrected chi connectivity index (χ2v) is 26.9. The van der Waals surface area contributed by atoms with Gasteiger partial charge in [0, 0.05) is 27.8 Å². The van der Waals surface area contributed by atoms with Crippen molar-refractivity contribution in [1.29, 1.82) is 0 Å². The van der Waals surface area contributed by atoms with Gasteiger partial charge in [0.2, 0.25) is 0 Å². The Kier molecular flexibility index (Phi) is 10.0. The summed E-state index contributed by atoms with van der Waals surface area (Å²) < 4.78 is 0. The fourth-order valence-corrected chi connectivity index (χ4v) is 17.3. The van der Waals surface area contributed by atoms with E-state index in [1.54, 1.807) is 11.1 Å². The van der Waals surface area contributed by atoms with E-state index in [4.69, 9.17) is 0 Å². The minimum atomic E-state index is -0.572. The van der Waals surface area contributed by atoms with Gasteiger partial charge in [-0.2, -0.15) is 0 Å². The van der Waals surface area contributed by atoms with Crippen molar-refractivity contribution in [3.63, 3.8) is 0 Å². The van der Waals surface area contributed by atoms with E-state index in [0.29, 0.717) is 11.8 Å². The number of benzene rings is 9. The maximum absolute atomic E-state index is 2.70. The lowest BCUT2D eigenvalue weighted by molar-refractivity contribution is -0.0399. The number of rotatable bonds is 6. The normalized spacial score (nSPS) is 22.3. The van der Waals surface area contributed by atoms with Crippen LogP contribution < -0.4 is 4.90 Å². The van der Waals surface area contributed by atoms with Crippen LogP contribution in [0, 0.1) is 23.7 Å². The SMILES string of the molecule is CC(C)(C)c1ccc(C2(c3ccc(C(C)(C)C)cc3)c3ccccc3-c3c(N(c4cccc(-c5cccc6c5C(C)(C)c5ccccc5-6)c4)c4ccc5c(c4)C4(c6ccccc6-5)C5CC6CC(C5)CC4C6)cccc32)cc1. The third-order valence-corrected chi connectivity index (χ3v) is 20.4. The van der Waals surface area contributed by atoms with E-state index >= 15 is 0 Å². The molecule has 1 spiro atoms. The van der Waals surface area contributed by atoms with Crippen LogP contribution in [0.3, 0.4) is 0 Å². The lowest BCUT2D eigenvalue weighted by atomic mass is 9.43. The van der Waals surface area contributed by atoms with Gasteiger partial charge in [-0.25, -0.2) is 0 Å². The summed E-state index contributed by atoms with van der Waals surface area (Å²) in [4.78, 5) is 2.68. The summed E-state index contributed by atoms with van der Waals surface area (Å²) in [5.74, 6) is 3.09. The fraction of sp³-hybridized carbons (Fsp3) is 0.289. The second-order valence-electron chi connectivity index (χ2n) is 26.9. The molecule has 0 atom stereocenters. The molecular formula is C76H71N. The minimum absolute atomic E-state index is 0.0276. The molecule has 1 heteroatoms. The summed E-state index contributed by atoms with van der Waals surface area (Å²) in [5, 5.41) is 0. The van der Waals surface area contributed by atoms with E-state index in [9.17, 15) is 0 Å². The van der Waals surface area contributed by atoms with E-state index in [-0.39, 0.29) is 21.7 Å². The summed E-state index contributed by atoms with van der Waals surface area (Å²) in [7, 11) is 0. The van der Waals surface area contributed by atoms with Crippen LogP contribution in [0.4, 0.5) is 17.1 Å². The summed E-state index contributed by atoms with van der Waals surface area (Å²) in [6, 6.07) is 78.9. The molecule has 9 aromatic rings. The van der Waals surface area contributed by atoms with Gasteiger partial charge >= 0.3 is 0 Å². The van der Waals surface area contributed by atoms with Crippen molar-refractivity contribution in [3.05, 3.63) is 256 Å². The highest BCUT2D eigenvalue weighted by Crippen LogP contribution is 2.70. The van der Waals surface area contributed by atoms with Crippen molar-refractivity contribution in [1.82, 2.24) is 0 Å². The van der Waals surface area contributed by atoms with Crippen molar-refractivity contribution in [3.8, 4) is 44.5 Å². The van der Waals surface area contributed by atoms with Crippen molar-refractivity contribution < 1.29 is 0 Å². The van der Waals surface area contributed by atoms with E-state index in [0.717, 1.165) is 11.8 Å². The predicted octanol–water partition coefficient (Wildman–Crippen LogP) is 19.8. The molecule has 0 unspecified atom stereocenters. The van der Waals surface area contributed by atoms with E-state index in [2.05, 4.69) is 260 Å². The molecule has 0 aliphatic heterocycles.